The smallest absolute Gasteiger partial charge is 0.327 e. The monoisotopic (exact) mass is 254 g/mol. The van der Waals surface area contributed by atoms with E-state index in [1.165, 1.54) is 20.0 Å². The molecule has 2 aliphatic carbocycles. The molecule has 0 saturated heterocycles. The Bertz CT molecular complexity index is 300. The van der Waals surface area contributed by atoms with Gasteiger partial charge in [-0.05, 0) is 50.5 Å². The van der Waals surface area contributed by atoms with Gasteiger partial charge in [0.25, 0.3) is 0 Å². The van der Waals surface area contributed by atoms with Crippen molar-refractivity contribution in [1.29, 1.82) is 0 Å². The molecule has 0 aromatic heterocycles. The molecule has 0 radical (unpaired) electrons. The van der Waals surface area contributed by atoms with Crippen LogP contribution in [0.15, 0.2) is 0 Å². The predicted octanol–water partition coefficient (Wildman–Crippen LogP) is 1.39. The van der Waals surface area contributed by atoms with Crippen LogP contribution in [0, 0.1) is 11.8 Å². The zero-order valence-corrected chi connectivity index (χ0v) is 11.7. The number of ether oxygens (including phenoxy) is 1. The Kier molecular flexibility index (Phi) is 4.28. The fourth-order valence-electron chi connectivity index (χ4n) is 2.74. The summed E-state index contributed by atoms with van der Waals surface area (Å²) in [6.45, 7) is 4.96. The minimum absolute atomic E-state index is 0.234. The maximum Gasteiger partial charge on any atom is 0.327 e. The van der Waals surface area contributed by atoms with Crippen molar-refractivity contribution in [3.63, 3.8) is 0 Å². The first-order valence-electron chi connectivity index (χ1n) is 7.19. The quantitative estimate of drug-likeness (QED) is 0.665. The highest BCUT2D eigenvalue weighted by molar-refractivity contribution is 5.81. The van der Waals surface area contributed by atoms with Crippen molar-refractivity contribution in [2.24, 2.45) is 17.6 Å². The lowest BCUT2D eigenvalue weighted by Gasteiger charge is -2.33. The molecule has 0 aromatic rings. The maximum atomic E-state index is 12.0. The van der Waals surface area contributed by atoms with Crippen molar-refractivity contribution >= 4 is 5.97 Å². The first kappa shape index (κ1) is 13.8. The van der Waals surface area contributed by atoms with E-state index in [0.717, 1.165) is 38.3 Å². The summed E-state index contributed by atoms with van der Waals surface area (Å²) >= 11 is 0. The molecule has 2 N–H and O–H groups in total. The second-order valence-electron chi connectivity index (χ2n) is 5.98. The third-order valence-electron chi connectivity index (χ3n) is 4.11. The van der Waals surface area contributed by atoms with Crippen molar-refractivity contribution in [2.75, 3.05) is 26.7 Å². The molecule has 1 atom stereocenters. The lowest BCUT2D eigenvalue weighted by molar-refractivity contribution is -0.149. The van der Waals surface area contributed by atoms with Crippen LogP contribution in [0.4, 0.5) is 0 Å². The highest BCUT2D eigenvalue weighted by Gasteiger charge is 2.50. The van der Waals surface area contributed by atoms with E-state index in [2.05, 4.69) is 11.8 Å². The van der Waals surface area contributed by atoms with Gasteiger partial charge in [0, 0.05) is 13.1 Å². The molecule has 104 valence electrons. The van der Waals surface area contributed by atoms with E-state index in [-0.39, 0.29) is 5.97 Å². The summed E-state index contributed by atoms with van der Waals surface area (Å²) in [7, 11) is 1.44. The number of hydrogen-bond acceptors (Lipinski definition) is 4. The van der Waals surface area contributed by atoms with Gasteiger partial charge in [-0.25, -0.2) is 0 Å². The van der Waals surface area contributed by atoms with Crippen molar-refractivity contribution < 1.29 is 9.53 Å². The number of methoxy groups -OCH3 is 1. The Labute approximate surface area is 110 Å². The highest BCUT2D eigenvalue weighted by atomic mass is 16.5. The molecule has 2 rings (SSSR count). The van der Waals surface area contributed by atoms with Gasteiger partial charge in [-0.3, -0.25) is 4.79 Å². The predicted molar refractivity (Wildman–Crippen MR) is 71.1 cm³/mol. The van der Waals surface area contributed by atoms with Crippen LogP contribution in [-0.2, 0) is 9.53 Å². The topological polar surface area (TPSA) is 55.6 Å². The number of carbonyl (C=O) groups excluding carboxylic acids is 1. The zero-order chi connectivity index (χ0) is 13.2. The molecule has 1 unspecified atom stereocenters. The summed E-state index contributed by atoms with van der Waals surface area (Å²) in [4.78, 5) is 14.4. The van der Waals surface area contributed by atoms with E-state index >= 15 is 0 Å². The van der Waals surface area contributed by atoms with Gasteiger partial charge in [-0.2, -0.15) is 0 Å². The molecule has 0 amide bonds. The molecule has 0 aliphatic heterocycles. The minimum atomic E-state index is -0.779. The van der Waals surface area contributed by atoms with Crippen LogP contribution in [0.5, 0.6) is 0 Å². The fraction of sp³-hybridized carbons (Fsp3) is 0.929. The Balaban J connectivity index is 1.97. The van der Waals surface area contributed by atoms with E-state index < -0.39 is 5.54 Å². The Morgan fingerprint density at radius 1 is 1.39 bits per heavy atom. The van der Waals surface area contributed by atoms with E-state index in [1.54, 1.807) is 0 Å². The van der Waals surface area contributed by atoms with E-state index in [1.807, 2.05) is 0 Å². The van der Waals surface area contributed by atoms with Gasteiger partial charge in [0.1, 0.15) is 5.54 Å². The highest BCUT2D eigenvalue weighted by Crippen LogP contribution is 2.40. The summed E-state index contributed by atoms with van der Waals surface area (Å²) in [5, 5.41) is 0. The van der Waals surface area contributed by atoms with Crippen molar-refractivity contribution in [2.45, 2.75) is 44.6 Å². The number of carbonyl (C=O) groups is 1. The third kappa shape index (κ3) is 3.23. The number of nitrogens with zero attached hydrogens (tertiary/aromatic N) is 1. The van der Waals surface area contributed by atoms with E-state index in [0.29, 0.717) is 12.5 Å². The molecule has 0 bridgehead atoms. The fourth-order valence-corrected chi connectivity index (χ4v) is 2.74. The summed E-state index contributed by atoms with van der Waals surface area (Å²) in [5.74, 6) is 0.919. The van der Waals surface area contributed by atoms with Crippen LogP contribution in [0.2, 0.25) is 0 Å². The van der Waals surface area contributed by atoms with Crippen LogP contribution in [0.1, 0.15) is 39.0 Å². The molecule has 4 nitrogen and oxygen atoms in total. The van der Waals surface area contributed by atoms with Gasteiger partial charge < -0.3 is 15.4 Å². The summed E-state index contributed by atoms with van der Waals surface area (Å²) in [6, 6.07) is 0. The molecule has 2 aliphatic rings. The first-order chi connectivity index (χ1) is 8.60. The first-order valence-corrected chi connectivity index (χ1v) is 7.19. The Hall–Kier alpha value is -0.610. The Morgan fingerprint density at radius 3 is 2.50 bits per heavy atom. The van der Waals surface area contributed by atoms with Gasteiger partial charge in [-0.1, -0.05) is 6.92 Å². The van der Waals surface area contributed by atoms with Crippen LogP contribution in [0.3, 0.4) is 0 Å². The van der Waals surface area contributed by atoms with Crippen molar-refractivity contribution in [1.82, 2.24) is 4.90 Å². The van der Waals surface area contributed by atoms with E-state index in [4.69, 9.17) is 10.5 Å². The molecule has 0 heterocycles. The Morgan fingerprint density at radius 2 is 2.06 bits per heavy atom. The van der Waals surface area contributed by atoms with Crippen molar-refractivity contribution in [3.05, 3.63) is 0 Å². The van der Waals surface area contributed by atoms with Crippen LogP contribution < -0.4 is 5.73 Å². The van der Waals surface area contributed by atoms with Gasteiger partial charge >= 0.3 is 5.97 Å². The maximum absolute atomic E-state index is 12.0. The second kappa shape index (κ2) is 5.57. The minimum Gasteiger partial charge on any atom is -0.468 e. The molecule has 2 saturated carbocycles. The molecule has 4 heteroatoms. The van der Waals surface area contributed by atoms with Crippen LogP contribution in [-0.4, -0.2) is 43.2 Å². The average molecular weight is 254 g/mol. The molecule has 0 aromatic carbocycles. The van der Waals surface area contributed by atoms with Gasteiger partial charge in [0.05, 0.1) is 7.11 Å². The van der Waals surface area contributed by atoms with Crippen LogP contribution in [0.25, 0.3) is 0 Å². The van der Waals surface area contributed by atoms with Gasteiger partial charge in [0.2, 0.25) is 0 Å². The summed E-state index contributed by atoms with van der Waals surface area (Å²) < 4.78 is 4.93. The van der Waals surface area contributed by atoms with Gasteiger partial charge in [-0.15, -0.1) is 0 Å². The molecule has 18 heavy (non-hydrogen) atoms. The van der Waals surface area contributed by atoms with Crippen molar-refractivity contribution in [3.8, 4) is 0 Å². The number of esters is 1. The largest absolute Gasteiger partial charge is 0.468 e. The van der Waals surface area contributed by atoms with Crippen LogP contribution >= 0.6 is 0 Å². The molecule has 0 spiro atoms. The zero-order valence-electron chi connectivity index (χ0n) is 11.7. The lowest BCUT2D eigenvalue weighted by atomic mass is 9.93. The normalized spacial score (nSPS) is 22.9. The summed E-state index contributed by atoms with van der Waals surface area (Å²) in [6.07, 6.45) is 5.90. The SMILES string of the molecule is CCCN(CC1CC1)CC(N)(C(=O)OC)C1CC1. The van der Waals surface area contributed by atoms with E-state index in [9.17, 15) is 4.79 Å². The summed E-state index contributed by atoms with van der Waals surface area (Å²) in [5.41, 5.74) is 5.59. The number of hydrogen-bond donors (Lipinski definition) is 1. The molecule has 2 fully saturated rings. The molecular weight excluding hydrogens is 228 g/mol. The standard InChI is InChI=1S/C14H26N2O2/c1-3-8-16(9-11-4-5-11)10-14(15,12-6-7-12)13(17)18-2/h11-12H,3-10,15H2,1-2H3. The number of rotatable bonds is 8. The second-order valence-corrected chi connectivity index (χ2v) is 5.98. The lowest BCUT2D eigenvalue weighted by Crippen LogP contribution is -2.58. The average Bonchev–Trinajstić information content (AvgIpc) is 3.18. The third-order valence-corrected chi connectivity index (χ3v) is 4.11. The molecular formula is C14H26N2O2. The van der Waals surface area contributed by atoms with Gasteiger partial charge in [0.15, 0.2) is 0 Å². The number of nitrogens with two attached hydrogens (primary N) is 1.